The summed E-state index contributed by atoms with van der Waals surface area (Å²) in [4.78, 5) is 0. The predicted molar refractivity (Wildman–Crippen MR) is 66.0 cm³/mol. The SMILES string of the molecule is N#CCCCCCOc1cc(Cl)cc(Cl)c1. The first-order chi connectivity index (χ1) is 7.72. The first-order valence-electron chi connectivity index (χ1n) is 5.18. The second-order valence-corrected chi connectivity index (χ2v) is 4.30. The molecule has 0 radical (unpaired) electrons. The van der Waals surface area contributed by atoms with E-state index in [1.807, 2.05) is 0 Å². The second kappa shape index (κ2) is 7.38. The van der Waals surface area contributed by atoms with E-state index in [2.05, 4.69) is 6.07 Å². The Balaban J connectivity index is 2.24. The maximum atomic E-state index is 8.35. The normalized spacial score (nSPS) is 9.81. The van der Waals surface area contributed by atoms with Gasteiger partial charge < -0.3 is 4.74 Å². The van der Waals surface area contributed by atoms with Gasteiger partial charge in [0.1, 0.15) is 5.75 Å². The van der Waals surface area contributed by atoms with Crippen molar-refractivity contribution in [2.75, 3.05) is 6.61 Å². The van der Waals surface area contributed by atoms with Gasteiger partial charge in [-0.25, -0.2) is 0 Å². The summed E-state index contributed by atoms with van der Waals surface area (Å²) >= 11 is 11.7. The van der Waals surface area contributed by atoms with Crippen molar-refractivity contribution in [3.63, 3.8) is 0 Å². The van der Waals surface area contributed by atoms with Crippen molar-refractivity contribution in [3.8, 4) is 11.8 Å². The molecule has 0 aliphatic rings. The Kier molecular flexibility index (Phi) is 6.07. The third-order valence-electron chi connectivity index (χ3n) is 2.04. The van der Waals surface area contributed by atoms with Crippen molar-refractivity contribution >= 4 is 23.2 Å². The minimum Gasteiger partial charge on any atom is -0.493 e. The van der Waals surface area contributed by atoms with E-state index in [-0.39, 0.29) is 0 Å². The fourth-order valence-corrected chi connectivity index (χ4v) is 1.79. The van der Waals surface area contributed by atoms with Gasteiger partial charge in [-0.15, -0.1) is 0 Å². The second-order valence-electron chi connectivity index (χ2n) is 3.42. The lowest BCUT2D eigenvalue weighted by Crippen LogP contribution is -1.97. The quantitative estimate of drug-likeness (QED) is 0.706. The topological polar surface area (TPSA) is 33.0 Å². The van der Waals surface area contributed by atoms with Crippen LogP contribution in [0.2, 0.25) is 10.0 Å². The summed E-state index contributed by atoms with van der Waals surface area (Å²) in [5.74, 6) is 0.692. The number of hydrogen-bond donors (Lipinski definition) is 0. The molecule has 0 unspecified atom stereocenters. The predicted octanol–water partition coefficient (Wildman–Crippen LogP) is 4.46. The highest BCUT2D eigenvalue weighted by Crippen LogP contribution is 2.24. The Morgan fingerprint density at radius 2 is 1.75 bits per heavy atom. The number of halogens is 2. The van der Waals surface area contributed by atoms with Gasteiger partial charge in [-0.2, -0.15) is 5.26 Å². The molecule has 86 valence electrons. The van der Waals surface area contributed by atoms with Gasteiger partial charge in [0.05, 0.1) is 12.7 Å². The van der Waals surface area contributed by atoms with Crippen LogP contribution in [0.25, 0.3) is 0 Å². The molecule has 16 heavy (non-hydrogen) atoms. The van der Waals surface area contributed by atoms with Gasteiger partial charge in [-0.3, -0.25) is 0 Å². The molecular formula is C12H13Cl2NO. The smallest absolute Gasteiger partial charge is 0.122 e. The van der Waals surface area contributed by atoms with Crippen LogP contribution in [-0.4, -0.2) is 6.61 Å². The summed E-state index contributed by atoms with van der Waals surface area (Å²) in [7, 11) is 0. The Morgan fingerprint density at radius 1 is 1.06 bits per heavy atom. The van der Waals surface area contributed by atoms with Crippen molar-refractivity contribution in [1.29, 1.82) is 5.26 Å². The monoisotopic (exact) mass is 257 g/mol. The lowest BCUT2D eigenvalue weighted by molar-refractivity contribution is 0.305. The van der Waals surface area contributed by atoms with Crippen LogP contribution in [0, 0.1) is 11.3 Å². The maximum Gasteiger partial charge on any atom is 0.122 e. The molecule has 0 heterocycles. The Bertz CT molecular complexity index is 354. The molecule has 0 atom stereocenters. The van der Waals surface area contributed by atoms with Gasteiger partial charge in [0, 0.05) is 16.5 Å². The zero-order chi connectivity index (χ0) is 11.8. The summed E-state index contributed by atoms with van der Waals surface area (Å²) in [5.41, 5.74) is 0. The maximum absolute atomic E-state index is 8.35. The molecule has 0 aromatic heterocycles. The minimum absolute atomic E-state index is 0.576. The average Bonchev–Trinajstić information content (AvgIpc) is 2.22. The number of unbranched alkanes of at least 4 members (excludes halogenated alkanes) is 3. The van der Waals surface area contributed by atoms with Gasteiger partial charge in [0.15, 0.2) is 0 Å². The van der Waals surface area contributed by atoms with Crippen LogP contribution >= 0.6 is 23.2 Å². The van der Waals surface area contributed by atoms with Crippen LogP contribution < -0.4 is 4.74 Å². The van der Waals surface area contributed by atoms with E-state index in [1.165, 1.54) is 0 Å². The molecule has 0 spiro atoms. The van der Waals surface area contributed by atoms with Gasteiger partial charge >= 0.3 is 0 Å². The van der Waals surface area contributed by atoms with Gasteiger partial charge in [-0.1, -0.05) is 23.2 Å². The molecule has 1 aromatic carbocycles. The molecule has 0 saturated carbocycles. The van der Waals surface area contributed by atoms with Crippen molar-refractivity contribution < 1.29 is 4.74 Å². The molecule has 4 heteroatoms. The number of nitriles is 1. The van der Waals surface area contributed by atoms with Crippen LogP contribution in [0.4, 0.5) is 0 Å². The van der Waals surface area contributed by atoms with E-state index in [1.54, 1.807) is 18.2 Å². The van der Waals surface area contributed by atoms with Crippen molar-refractivity contribution in [2.24, 2.45) is 0 Å². The number of benzene rings is 1. The van der Waals surface area contributed by atoms with E-state index in [9.17, 15) is 0 Å². The van der Waals surface area contributed by atoms with E-state index in [4.69, 9.17) is 33.2 Å². The molecule has 1 aromatic rings. The van der Waals surface area contributed by atoms with E-state index >= 15 is 0 Å². The van der Waals surface area contributed by atoms with Gasteiger partial charge in [-0.05, 0) is 37.5 Å². The minimum atomic E-state index is 0.576. The number of nitrogens with zero attached hydrogens (tertiary/aromatic N) is 1. The van der Waals surface area contributed by atoms with Gasteiger partial charge in [0.2, 0.25) is 0 Å². The van der Waals surface area contributed by atoms with Crippen LogP contribution in [0.15, 0.2) is 18.2 Å². The zero-order valence-corrected chi connectivity index (χ0v) is 10.4. The van der Waals surface area contributed by atoms with Crippen LogP contribution in [0.5, 0.6) is 5.75 Å². The zero-order valence-electron chi connectivity index (χ0n) is 8.88. The number of hydrogen-bond acceptors (Lipinski definition) is 2. The standard InChI is InChI=1S/C12H13Cl2NO/c13-10-7-11(14)9-12(8-10)16-6-4-2-1-3-5-15/h7-9H,1-4,6H2. The molecule has 2 nitrogen and oxygen atoms in total. The average molecular weight is 258 g/mol. The molecule has 0 saturated heterocycles. The van der Waals surface area contributed by atoms with E-state index in [0.717, 1.165) is 19.3 Å². The van der Waals surface area contributed by atoms with E-state index < -0.39 is 0 Å². The highest BCUT2D eigenvalue weighted by molar-refractivity contribution is 6.34. The van der Waals surface area contributed by atoms with Crippen molar-refractivity contribution in [3.05, 3.63) is 28.2 Å². The van der Waals surface area contributed by atoms with Crippen LogP contribution in [0.3, 0.4) is 0 Å². The third kappa shape index (κ3) is 5.25. The lowest BCUT2D eigenvalue weighted by atomic mass is 10.2. The van der Waals surface area contributed by atoms with Crippen LogP contribution in [-0.2, 0) is 0 Å². The molecule has 0 amide bonds. The molecule has 0 aliphatic carbocycles. The van der Waals surface area contributed by atoms with E-state index in [0.29, 0.717) is 28.8 Å². The first kappa shape index (κ1) is 13.2. The fourth-order valence-electron chi connectivity index (χ4n) is 1.28. The molecule has 0 N–H and O–H groups in total. The summed E-state index contributed by atoms with van der Waals surface area (Å²) < 4.78 is 5.50. The molecular weight excluding hydrogens is 245 g/mol. The lowest BCUT2D eigenvalue weighted by Gasteiger charge is -2.06. The Labute approximate surface area is 106 Å². The van der Waals surface area contributed by atoms with Crippen LogP contribution in [0.1, 0.15) is 25.7 Å². The Morgan fingerprint density at radius 3 is 2.38 bits per heavy atom. The summed E-state index contributed by atoms with van der Waals surface area (Å²) in [6.45, 7) is 0.627. The fraction of sp³-hybridized carbons (Fsp3) is 0.417. The van der Waals surface area contributed by atoms with Crippen molar-refractivity contribution in [2.45, 2.75) is 25.7 Å². The van der Waals surface area contributed by atoms with Gasteiger partial charge in [0.25, 0.3) is 0 Å². The molecule has 0 aliphatic heterocycles. The molecule has 0 fully saturated rings. The Hall–Kier alpha value is -0.910. The van der Waals surface area contributed by atoms with Crippen molar-refractivity contribution in [1.82, 2.24) is 0 Å². The first-order valence-corrected chi connectivity index (χ1v) is 5.94. The summed E-state index contributed by atoms with van der Waals surface area (Å²) in [6.07, 6.45) is 3.48. The highest BCUT2D eigenvalue weighted by atomic mass is 35.5. The third-order valence-corrected chi connectivity index (χ3v) is 2.47. The highest BCUT2D eigenvalue weighted by Gasteiger charge is 1.98. The number of ether oxygens (including phenoxy) is 1. The molecule has 0 bridgehead atoms. The largest absolute Gasteiger partial charge is 0.493 e. The number of rotatable bonds is 6. The summed E-state index contributed by atoms with van der Waals surface area (Å²) in [6, 6.07) is 7.26. The summed E-state index contributed by atoms with van der Waals surface area (Å²) in [5, 5.41) is 9.50. The molecule has 1 rings (SSSR count).